The molecule has 0 atom stereocenters. The first-order chi connectivity index (χ1) is 8.63. The molecule has 0 radical (unpaired) electrons. The van der Waals surface area contributed by atoms with Gasteiger partial charge in [0.05, 0.1) is 7.11 Å². The van der Waals surface area contributed by atoms with Crippen LogP contribution in [0.5, 0.6) is 0 Å². The van der Waals surface area contributed by atoms with Gasteiger partial charge in [0.15, 0.2) is 0 Å². The lowest BCUT2D eigenvalue weighted by atomic mass is 10.1. The molecule has 0 aromatic heterocycles. The van der Waals surface area contributed by atoms with Crippen molar-refractivity contribution in [1.29, 1.82) is 0 Å². The molecule has 0 heterocycles. The maximum absolute atomic E-state index is 11.5. The van der Waals surface area contributed by atoms with Gasteiger partial charge in [-0.05, 0) is 6.42 Å². The zero-order valence-electron chi connectivity index (χ0n) is 12.0. The molecule has 106 valence electrons. The Morgan fingerprint density at radius 2 is 1.44 bits per heavy atom. The molecule has 0 aliphatic carbocycles. The van der Waals surface area contributed by atoms with Gasteiger partial charge in [0.1, 0.15) is 0 Å². The van der Waals surface area contributed by atoms with E-state index < -0.39 is 6.09 Å². The largest absolute Gasteiger partial charge is 0.452 e. The first-order valence-electron chi connectivity index (χ1n) is 6.98. The lowest BCUT2D eigenvalue weighted by Crippen LogP contribution is -2.32. The third-order valence-electron chi connectivity index (χ3n) is 3.07. The molecule has 18 heavy (non-hydrogen) atoms. The van der Waals surface area contributed by atoms with Gasteiger partial charge in [0.25, 0.3) is 0 Å². The van der Waals surface area contributed by atoms with Gasteiger partial charge >= 0.3 is 6.09 Å². The molecule has 0 aliphatic rings. The normalized spacial score (nSPS) is 10.2. The van der Waals surface area contributed by atoms with Crippen LogP contribution in [0.25, 0.3) is 0 Å². The zero-order valence-corrected chi connectivity index (χ0v) is 12.0. The lowest BCUT2D eigenvalue weighted by molar-refractivity contribution is -0.128. The van der Waals surface area contributed by atoms with Crippen LogP contribution < -0.4 is 0 Å². The summed E-state index contributed by atoms with van der Waals surface area (Å²) in [5.41, 5.74) is 0. The second-order valence-corrected chi connectivity index (χ2v) is 4.65. The fourth-order valence-electron chi connectivity index (χ4n) is 1.82. The standard InChI is InChI=1S/C14H27NO3/c1-4-5-6-7-8-9-10-11-12-13(16)15(2)14(17)18-3/h4-12H2,1-3H3. The second-order valence-electron chi connectivity index (χ2n) is 4.65. The molecule has 0 aromatic rings. The van der Waals surface area contributed by atoms with Crippen molar-refractivity contribution < 1.29 is 14.3 Å². The Hall–Kier alpha value is -1.06. The molecule has 0 fully saturated rings. The van der Waals surface area contributed by atoms with Crippen LogP contribution in [0, 0.1) is 0 Å². The highest BCUT2D eigenvalue weighted by atomic mass is 16.5. The van der Waals surface area contributed by atoms with Crippen molar-refractivity contribution in [2.24, 2.45) is 0 Å². The third kappa shape index (κ3) is 8.09. The number of nitrogens with zero attached hydrogens (tertiary/aromatic N) is 1. The predicted octanol–water partition coefficient (Wildman–Crippen LogP) is 3.74. The first-order valence-corrected chi connectivity index (χ1v) is 6.98. The Labute approximate surface area is 111 Å². The molecule has 0 saturated carbocycles. The fraction of sp³-hybridized carbons (Fsp3) is 0.857. The topological polar surface area (TPSA) is 46.6 Å². The number of amides is 2. The second kappa shape index (κ2) is 11.1. The Balaban J connectivity index is 3.43. The third-order valence-corrected chi connectivity index (χ3v) is 3.07. The highest BCUT2D eigenvalue weighted by Gasteiger charge is 2.15. The molecule has 0 spiro atoms. The SMILES string of the molecule is CCCCCCCCCCC(=O)N(C)C(=O)OC. The molecule has 0 saturated heterocycles. The summed E-state index contributed by atoms with van der Waals surface area (Å²) in [5, 5.41) is 0. The number of carbonyl (C=O) groups is 2. The minimum absolute atomic E-state index is 0.159. The number of hydrogen-bond donors (Lipinski definition) is 0. The van der Waals surface area contributed by atoms with Crippen LogP contribution in [0.2, 0.25) is 0 Å². The highest BCUT2D eigenvalue weighted by molar-refractivity contribution is 5.91. The van der Waals surface area contributed by atoms with Crippen molar-refractivity contribution in [1.82, 2.24) is 4.90 Å². The molecule has 2 amide bonds. The van der Waals surface area contributed by atoms with Crippen molar-refractivity contribution in [2.75, 3.05) is 14.2 Å². The average Bonchev–Trinajstić information content (AvgIpc) is 2.39. The Bertz CT molecular complexity index is 241. The van der Waals surface area contributed by atoms with Crippen molar-refractivity contribution in [2.45, 2.75) is 64.7 Å². The van der Waals surface area contributed by atoms with Crippen molar-refractivity contribution in [3.05, 3.63) is 0 Å². The summed E-state index contributed by atoms with van der Waals surface area (Å²) < 4.78 is 4.48. The van der Waals surface area contributed by atoms with Crippen molar-refractivity contribution >= 4 is 12.0 Å². The first kappa shape index (κ1) is 16.9. The van der Waals surface area contributed by atoms with E-state index >= 15 is 0 Å². The van der Waals surface area contributed by atoms with Crippen LogP contribution in [-0.4, -0.2) is 31.1 Å². The highest BCUT2D eigenvalue weighted by Crippen LogP contribution is 2.10. The van der Waals surface area contributed by atoms with E-state index in [2.05, 4.69) is 11.7 Å². The molecule has 0 bridgehead atoms. The van der Waals surface area contributed by atoms with Gasteiger partial charge in [0.2, 0.25) is 5.91 Å². The van der Waals surface area contributed by atoms with Crippen molar-refractivity contribution in [3.63, 3.8) is 0 Å². The van der Waals surface area contributed by atoms with Crippen molar-refractivity contribution in [3.8, 4) is 0 Å². The minimum Gasteiger partial charge on any atom is -0.452 e. The summed E-state index contributed by atoms with van der Waals surface area (Å²) >= 11 is 0. The van der Waals surface area contributed by atoms with Gasteiger partial charge in [0, 0.05) is 13.5 Å². The Kier molecular flexibility index (Phi) is 10.4. The van der Waals surface area contributed by atoms with E-state index in [-0.39, 0.29) is 5.91 Å². The zero-order chi connectivity index (χ0) is 13.8. The maximum atomic E-state index is 11.5. The van der Waals surface area contributed by atoms with Gasteiger partial charge in [-0.3, -0.25) is 9.69 Å². The van der Waals surface area contributed by atoms with Gasteiger partial charge in [-0.25, -0.2) is 4.79 Å². The van der Waals surface area contributed by atoms with Crippen LogP contribution in [0.1, 0.15) is 64.7 Å². The number of hydrogen-bond acceptors (Lipinski definition) is 3. The van der Waals surface area contributed by atoms with Crippen LogP contribution in [0.15, 0.2) is 0 Å². The number of carbonyl (C=O) groups excluding carboxylic acids is 2. The molecule has 0 aliphatic heterocycles. The number of methoxy groups -OCH3 is 1. The summed E-state index contributed by atoms with van der Waals surface area (Å²) in [7, 11) is 2.74. The average molecular weight is 257 g/mol. The van der Waals surface area contributed by atoms with E-state index in [9.17, 15) is 9.59 Å². The molecular formula is C14H27NO3. The van der Waals surface area contributed by atoms with E-state index in [0.717, 1.165) is 17.7 Å². The maximum Gasteiger partial charge on any atom is 0.415 e. The molecule has 0 unspecified atom stereocenters. The summed E-state index contributed by atoms with van der Waals surface area (Å²) in [6, 6.07) is 0. The lowest BCUT2D eigenvalue weighted by Gasteiger charge is -2.13. The predicted molar refractivity (Wildman–Crippen MR) is 72.4 cm³/mol. The van der Waals surface area contributed by atoms with Gasteiger partial charge in [-0.2, -0.15) is 0 Å². The van der Waals surface area contributed by atoms with Gasteiger partial charge in [-0.1, -0.05) is 51.9 Å². The Morgan fingerprint density at radius 3 is 1.94 bits per heavy atom. The van der Waals surface area contributed by atoms with E-state index in [1.807, 2.05) is 0 Å². The monoisotopic (exact) mass is 257 g/mol. The quantitative estimate of drug-likeness (QED) is 0.591. The molecule has 0 aromatic carbocycles. The van der Waals surface area contributed by atoms with E-state index in [1.165, 1.54) is 52.7 Å². The number of rotatable bonds is 9. The summed E-state index contributed by atoms with van der Waals surface area (Å²) in [5.74, 6) is -0.159. The van der Waals surface area contributed by atoms with Crippen LogP contribution in [0.4, 0.5) is 4.79 Å². The van der Waals surface area contributed by atoms with E-state index in [1.54, 1.807) is 0 Å². The smallest absolute Gasteiger partial charge is 0.415 e. The van der Waals surface area contributed by atoms with Crippen LogP contribution in [0.3, 0.4) is 0 Å². The summed E-state index contributed by atoms with van der Waals surface area (Å²) in [6.07, 6.45) is 9.40. The fourth-order valence-corrected chi connectivity index (χ4v) is 1.82. The Morgan fingerprint density at radius 1 is 0.944 bits per heavy atom. The summed E-state index contributed by atoms with van der Waals surface area (Å²) in [6.45, 7) is 2.21. The number of imide groups is 1. The summed E-state index contributed by atoms with van der Waals surface area (Å²) in [4.78, 5) is 23.7. The van der Waals surface area contributed by atoms with E-state index in [0.29, 0.717) is 6.42 Å². The number of ether oxygens (including phenoxy) is 1. The minimum atomic E-state index is -0.584. The van der Waals surface area contributed by atoms with Gasteiger partial charge < -0.3 is 4.74 Å². The van der Waals surface area contributed by atoms with Gasteiger partial charge in [-0.15, -0.1) is 0 Å². The van der Waals surface area contributed by atoms with Crippen LogP contribution >= 0.6 is 0 Å². The molecule has 4 heteroatoms. The molecule has 0 N–H and O–H groups in total. The molecule has 0 rings (SSSR count). The van der Waals surface area contributed by atoms with E-state index in [4.69, 9.17) is 0 Å². The molecule has 4 nitrogen and oxygen atoms in total. The molecular weight excluding hydrogens is 230 g/mol. The van der Waals surface area contributed by atoms with Crippen LogP contribution in [-0.2, 0) is 9.53 Å². The number of unbranched alkanes of at least 4 members (excludes halogenated alkanes) is 7.